The lowest BCUT2D eigenvalue weighted by Gasteiger charge is -2.22. The highest BCUT2D eigenvalue weighted by Crippen LogP contribution is 2.33. The van der Waals surface area contributed by atoms with Gasteiger partial charge in [0.1, 0.15) is 0 Å². The molecule has 2 aromatic rings. The molecule has 0 unspecified atom stereocenters. The van der Waals surface area contributed by atoms with Crippen molar-refractivity contribution in [3.8, 4) is 0 Å². The van der Waals surface area contributed by atoms with Crippen LogP contribution in [0, 0.1) is 0 Å². The van der Waals surface area contributed by atoms with Gasteiger partial charge in [-0.15, -0.1) is 10.2 Å². The minimum atomic E-state index is -1.37. The van der Waals surface area contributed by atoms with E-state index in [2.05, 4.69) is 30.5 Å². The van der Waals surface area contributed by atoms with E-state index in [9.17, 15) is 9.59 Å². The number of carbonyl (C=O) groups is 2. The Morgan fingerprint density at radius 2 is 1.27 bits per heavy atom. The molecule has 0 heterocycles. The van der Waals surface area contributed by atoms with Crippen LogP contribution in [0.25, 0.3) is 0 Å². The Kier molecular flexibility index (Phi) is 6.67. The lowest BCUT2D eigenvalue weighted by atomic mass is 9.93. The van der Waals surface area contributed by atoms with E-state index < -0.39 is 17.6 Å². The van der Waals surface area contributed by atoms with Crippen molar-refractivity contribution in [1.29, 1.82) is 0 Å². The normalized spacial score (nSPS) is 13.5. The summed E-state index contributed by atoms with van der Waals surface area (Å²) in [5.74, 6) is -1.24. The number of rotatable bonds is 7. The monoisotopic (exact) mass is 354 g/mol. The summed E-state index contributed by atoms with van der Waals surface area (Å²) in [5, 5.41) is 15.2. The van der Waals surface area contributed by atoms with Gasteiger partial charge in [0.2, 0.25) is 5.66 Å². The van der Waals surface area contributed by atoms with Crippen molar-refractivity contribution < 1.29 is 19.3 Å². The Morgan fingerprint density at radius 1 is 0.808 bits per heavy atom. The summed E-state index contributed by atoms with van der Waals surface area (Å²) < 4.78 is 0. The summed E-state index contributed by atoms with van der Waals surface area (Å²) in [6, 6.07) is 18.4. The predicted molar refractivity (Wildman–Crippen MR) is 91.5 cm³/mol. The highest BCUT2D eigenvalue weighted by Gasteiger charge is 2.34. The van der Waals surface area contributed by atoms with Crippen LogP contribution in [0.1, 0.15) is 25.0 Å². The quantitative estimate of drug-likeness (QED) is 0.555. The van der Waals surface area contributed by atoms with Crippen molar-refractivity contribution in [2.75, 3.05) is 0 Å². The Balaban J connectivity index is 2.49. The molecule has 0 radical (unpaired) electrons. The van der Waals surface area contributed by atoms with Crippen molar-refractivity contribution in [2.24, 2.45) is 20.8 Å². The van der Waals surface area contributed by atoms with E-state index in [-0.39, 0.29) is 6.42 Å². The molecule has 0 atom stereocenters. The van der Waals surface area contributed by atoms with Crippen LogP contribution < -0.4 is 0 Å². The van der Waals surface area contributed by atoms with E-state index in [0.717, 1.165) is 5.56 Å². The summed E-state index contributed by atoms with van der Waals surface area (Å²) in [5.41, 5.74) is 0.156. The number of hydrogen-bond acceptors (Lipinski definition) is 8. The summed E-state index contributed by atoms with van der Waals surface area (Å²) >= 11 is 0. The fraction of sp³-hybridized carbons (Fsp3) is 0.222. The van der Waals surface area contributed by atoms with Crippen molar-refractivity contribution in [1.82, 2.24) is 0 Å². The molecule has 0 spiro atoms. The fourth-order valence-electron chi connectivity index (χ4n) is 2.18. The van der Waals surface area contributed by atoms with Gasteiger partial charge in [0, 0.05) is 36.4 Å². The van der Waals surface area contributed by atoms with Crippen LogP contribution in [0.5, 0.6) is 0 Å². The summed E-state index contributed by atoms with van der Waals surface area (Å²) in [6.45, 7) is 2.42. The van der Waals surface area contributed by atoms with Gasteiger partial charge in [0.05, 0.1) is 0 Å². The molecule has 0 aliphatic heterocycles. The van der Waals surface area contributed by atoms with Gasteiger partial charge in [-0.3, -0.25) is 0 Å². The van der Waals surface area contributed by atoms with Crippen molar-refractivity contribution in [2.45, 2.75) is 25.9 Å². The highest BCUT2D eigenvalue weighted by molar-refractivity contribution is 5.65. The van der Waals surface area contributed by atoms with Crippen LogP contribution in [0.4, 0.5) is 0 Å². The van der Waals surface area contributed by atoms with Gasteiger partial charge in [-0.2, -0.15) is 0 Å². The van der Waals surface area contributed by atoms with Crippen LogP contribution in [0.3, 0.4) is 0 Å². The van der Waals surface area contributed by atoms with E-state index in [0.29, 0.717) is 5.56 Å². The summed E-state index contributed by atoms with van der Waals surface area (Å²) in [4.78, 5) is 31.2. The number of hydrogen-bond donors (Lipinski definition) is 0. The molecule has 0 saturated carbocycles. The standard InChI is InChI=1S/C18H18N4O4/c1-14(23)25-21-19-18(20-22-26-15(2)24,17-11-7-4-8-12-17)13-16-9-5-3-6-10-16/h3-12H,13H2,1-2H3. The smallest absolute Gasteiger partial charge is 0.300 e. The second-order valence-electron chi connectivity index (χ2n) is 5.37. The van der Waals surface area contributed by atoms with Gasteiger partial charge in [-0.1, -0.05) is 60.7 Å². The molecule has 0 N–H and O–H groups in total. The molecule has 0 aliphatic carbocycles. The van der Waals surface area contributed by atoms with Gasteiger partial charge >= 0.3 is 11.9 Å². The fourth-order valence-corrected chi connectivity index (χ4v) is 2.18. The Bertz CT molecular complexity index is 765. The zero-order valence-corrected chi connectivity index (χ0v) is 14.4. The molecule has 8 heteroatoms. The third kappa shape index (κ3) is 5.59. The van der Waals surface area contributed by atoms with Crippen LogP contribution >= 0.6 is 0 Å². The topological polar surface area (TPSA) is 102 Å². The molecule has 0 aliphatic rings. The molecule has 0 fully saturated rings. The maximum absolute atomic E-state index is 11.0. The molecular weight excluding hydrogens is 336 g/mol. The average molecular weight is 354 g/mol. The molecule has 0 bridgehead atoms. The molecule has 2 aromatic carbocycles. The minimum Gasteiger partial charge on any atom is -0.300 e. The lowest BCUT2D eigenvalue weighted by molar-refractivity contribution is -0.142. The average Bonchev–Trinajstić information content (AvgIpc) is 2.62. The van der Waals surface area contributed by atoms with E-state index in [4.69, 9.17) is 0 Å². The zero-order valence-electron chi connectivity index (χ0n) is 14.4. The lowest BCUT2D eigenvalue weighted by Crippen LogP contribution is -2.24. The van der Waals surface area contributed by atoms with Gasteiger partial charge in [-0.25, -0.2) is 9.59 Å². The number of benzene rings is 2. The summed E-state index contributed by atoms with van der Waals surface area (Å²) in [7, 11) is 0. The second kappa shape index (κ2) is 9.16. The number of carbonyl (C=O) groups excluding carboxylic acids is 2. The van der Waals surface area contributed by atoms with Crippen LogP contribution in [-0.4, -0.2) is 11.9 Å². The molecule has 0 amide bonds. The Morgan fingerprint density at radius 3 is 1.73 bits per heavy atom. The van der Waals surface area contributed by atoms with Crippen molar-refractivity contribution >= 4 is 11.9 Å². The molecular formula is C18H18N4O4. The minimum absolute atomic E-state index is 0.257. The predicted octanol–water partition coefficient (Wildman–Crippen LogP) is 3.94. The van der Waals surface area contributed by atoms with E-state index >= 15 is 0 Å². The van der Waals surface area contributed by atoms with E-state index in [1.807, 2.05) is 36.4 Å². The maximum Gasteiger partial charge on any atom is 0.333 e. The third-order valence-corrected chi connectivity index (χ3v) is 3.28. The first kappa shape index (κ1) is 18.9. The first-order chi connectivity index (χ1) is 12.5. The van der Waals surface area contributed by atoms with Crippen molar-refractivity contribution in [3.05, 3.63) is 71.8 Å². The molecule has 26 heavy (non-hydrogen) atoms. The first-order valence-electron chi connectivity index (χ1n) is 7.81. The largest absolute Gasteiger partial charge is 0.333 e. The van der Waals surface area contributed by atoms with Gasteiger partial charge < -0.3 is 9.68 Å². The van der Waals surface area contributed by atoms with Crippen LogP contribution in [0.2, 0.25) is 0 Å². The third-order valence-electron chi connectivity index (χ3n) is 3.28. The molecule has 8 nitrogen and oxygen atoms in total. The molecule has 0 aromatic heterocycles. The second-order valence-corrected chi connectivity index (χ2v) is 5.37. The Hall–Kier alpha value is -3.42. The summed E-state index contributed by atoms with van der Waals surface area (Å²) in [6.07, 6.45) is 0.257. The highest BCUT2D eigenvalue weighted by atomic mass is 16.7. The van der Waals surface area contributed by atoms with Gasteiger partial charge in [0.15, 0.2) is 0 Å². The molecule has 134 valence electrons. The van der Waals surface area contributed by atoms with Gasteiger partial charge in [0.25, 0.3) is 0 Å². The first-order valence-corrected chi connectivity index (χ1v) is 7.81. The molecule has 0 saturated heterocycles. The van der Waals surface area contributed by atoms with Gasteiger partial charge in [-0.05, 0) is 5.56 Å². The number of nitrogens with zero attached hydrogens (tertiary/aromatic N) is 4. The van der Waals surface area contributed by atoms with Crippen LogP contribution in [0.15, 0.2) is 81.4 Å². The molecule has 2 rings (SSSR count). The Labute approximate surface area is 150 Å². The SMILES string of the molecule is CC(=O)ON=NC(Cc1ccccc1)(N=NOC(C)=O)c1ccccc1. The van der Waals surface area contributed by atoms with E-state index in [1.165, 1.54) is 13.8 Å². The van der Waals surface area contributed by atoms with E-state index in [1.54, 1.807) is 24.3 Å². The van der Waals surface area contributed by atoms with Crippen LogP contribution in [-0.2, 0) is 31.3 Å². The maximum atomic E-state index is 11.0. The zero-order chi connectivity index (χ0) is 18.8. The van der Waals surface area contributed by atoms with Crippen molar-refractivity contribution in [3.63, 3.8) is 0 Å².